The molecule has 0 aliphatic carbocycles. The van der Waals surface area contributed by atoms with Gasteiger partial charge in [-0.05, 0) is 105 Å². The van der Waals surface area contributed by atoms with Gasteiger partial charge in [0, 0.05) is 46.5 Å². The predicted octanol–water partition coefficient (Wildman–Crippen LogP) is 5.87. The molecule has 0 bridgehead atoms. The number of halogens is 2. The van der Waals surface area contributed by atoms with E-state index in [1.165, 1.54) is 55.6 Å². The summed E-state index contributed by atoms with van der Waals surface area (Å²) in [5.74, 6) is -2.38. The molecule has 0 heterocycles. The van der Waals surface area contributed by atoms with Crippen molar-refractivity contribution in [3.8, 4) is 23.0 Å². The van der Waals surface area contributed by atoms with Gasteiger partial charge in [-0.1, -0.05) is 23.2 Å². The SMILES string of the molecule is COC(=O)COc1ccc(Cl)cc1Cc1cc(S(C)(=O)=O)ccc1OCC(=O)OC(C)(C)C.CS(=O)(=O)c1ccc(OCC(=O)O)c(Cc2cc(Cl)ccc2OCC(=O)O)c1. The van der Waals surface area contributed by atoms with E-state index in [2.05, 4.69) is 4.74 Å². The van der Waals surface area contributed by atoms with E-state index in [1.54, 1.807) is 45.0 Å². The molecule has 0 aliphatic rings. The Labute approximate surface area is 363 Å². The third kappa shape index (κ3) is 17.1. The van der Waals surface area contributed by atoms with Gasteiger partial charge in [0.1, 0.15) is 28.6 Å². The Morgan fingerprint density at radius 2 is 0.869 bits per heavy atom. The van der Waals surface area contributed by atoms with Crippen molar-refractivity contribution in [3.63, 3.8) is 0 Å². The second-order valence-corrected chi connectivity index (χ2v) is 19.0. The van der Waals surface area contributed by atoms with E-state index in [0.29, 0.717) is 43.8 Å². The average molecular weight is 928 g/mol. The van der Waals surface area contributed by atoms with Crippen molar-refractivity contribution >= 4 is 66.8 Å². The molecule has 0 unspecified atom stereocenters. The molecule has 0 saturated heterocycles. The number of esters is 2. The summed E-state index contributed by atoms with van der Waals surface area (Å²) in [6.07, 6.45) is 2.38. The van der Waals surface area contributed by atoms with Crippen molar-refractivity contribution in [2.24, 2.45) is 0 Å². The molecule has 4 rings (SSSR count). The lowest BCUT2D eigenvalue weighted by Crippen LogP contribution is -2.27. The average Bonchev–Trinajstić information content (AvgIpc) is 3.14. The highest BCUT2D eigenvalue weighted by Crippen LogP contribution is 2.32. The van der Waals surface area contributed by atoms with Crippen molar-refractivity contribution in [3.05, 3.63) is 105 Å². The maximum atomic E-state index is 12.1. The van der Waals surface area contributed by atoms with Crippen molar-refractivity contribution in [1.29, 1.82) is 0 Å². The second kappa shape index (κ2) is 21.8. The normalized spacial score (nSPS) is 11.3. The molecule has 2 N–H and O–H groups in total. The number of hydrogen-bond donors (Lipinski definition) is 2. The third-order valence-electron chi connectivity index (χ3n) is 7.77. The van der Waals surface area contributed by atoms with Crippen LogP contribution >= 0.6 is 23.2 Å². The van der Waals surface area contributed by atoms with Crippen LogP contribution in [-0.4, -0.2) is 103 Å². The lowest BCUT2D eigenvalue weighted by Gasteiger charge is -2.20. The molecule has 61 heavy (non-hydrogen) atoms. The largest absolute Gasteiger partial charge is 0.482 e. The molecule has 4 aromatic carbocycles. The minimum atomic E-state index is -3.51. The second-order valence-electron chi connectivity index (χ2n) is 14.0. The molecule has 16 nitrogen and oxygen atoms in total. The van der Waals surface area contributed by atoms with E-state index >= 15 is 0 Å². The highest BCUT2D eigenvalue weighted by atomic mass is 35.5. The van der Waals surface area contributed by atoms with E-state index in [4.69, 9.17) is 57.1 Å². The highest BCUT2D eigenvalue weighted by Gasteiger charge is 2.20. The predicted molar refractivity (Wildman–Crippen MR) is 223 cm³/mol. The smallest absolute Gasteiger partial charge is 0.344 e. The molecule has 4 aromatic rings. The van der Waals surface area contributed by atoms with Gasteiger partial charge in [0.15, 0.2) is 46.1 Å². The summed E-state index contributed by atoms with van der Waals surface area (Å²) in [7, 11) is -5.76. The fourth-order valence-corrected chi connectivity index (χ4v) is 6.91. The Balaban J connectivity index is 0.000000330. The fraction of sp³-hybridized carbons (Fsp3) is 0.317. The number of methoxy groups -OCH3 is 1. The molecule has 20 heteroatoms. The van der Waals surface area contributed by atoms with Crippen molar-refractivity contribution in [2.75, 3.05) is 46.0 Å². The van der Waals surface area contributed by atoms with Crippen LogP contribution in [0.4, 0.5) is 0 Å². The zero-order valence-electron chi connectivity index (χ0n) is 33.9. The van der Waals surface area contributed by atoms with Crippen LogP contribution in [0, 0.1) is 0 Å². The number of benzene rings is 4. The summed E-state index contributed by atoms with van der Waals surface area (Å²) >= 11 is 12.2. The summed E-state index contributed by atoms with van der Waals surface area (Å²) in [4.78, 5) is 45.2. The number of rotatable bonds is 18. The van der Waals surface area contributed by atoms with Crippen LogP contribution in [-0.2, 0) is 61.2 Å². The maximum absolute atomic E-state index is 12.1. The first kappa shape index (κ1) is 49.8. The Morgan fingerprint density at radius 3 is 1.20 bits per heavy atom. The van der Waals surface area contributed by atoms with Gasteiger partial charge in [-0.2, -0.15) is 0 Å². The molecule has 0 radical (unpaired) electrons. The quantitative estimate of drug-likeness (QED) is 0.111. The summed E-state index contributed by atoms with van der Waals surface area (Å²) in [6, 6.07) is 17.8. The van der Waals surface area contributed by atoms with Gasteiger partial charge in [-0.25, -0.2) is 36.0 Å². The van der Waals surface area contributed by atoms with Gasteiger partial charge in [-0.3, -0.25) is 0 Å². The standard InChI is InChI=1S/C23H27ClO8S.C18H17ClO8S/c1-23(2,3)32-22(26)14-31-20-9-7-18(33(5,27)28)12-16(20)10-15-11-17(24)6-8-19(15)30-13-21(25)29-4;1-28(24,25)14-3-5-16(27-10-18(22)23)12(8-14)6-11-7-13(19)2-4-15(11)26-9-17(20)21/h6-9,11-12H,10,13-14H2,1-5H3;2-5,7-8H,6,9-10H2,1H3,(H,20,21)(H,22,23). The molecule has 0 atom stereocenters. The van der Waals surface area contributed by atoms with E-state index in [9.17, 15) is 36.0 Å². The monoisotopic (exact) mass is 926 g/mol. The molecule has 0 spiro atoms. The summed E-state index contributed by atoms with van der Waals surface area (Å²) in [5, 5.41) is 18.4. The zero-order chi connectivity index (χ0) is 45.7. The minimum absolute atomic E-state index is 0.0280. The third-order valence-corrected chi connectivity index (χ3v) is 10.5. The number of aliphatic carboxylic acids is 2. The number of carboxylic acids is 2. The molecular weight excluding hydrogens is 883 g/mol. The van der Waals surface area contributed by atoms with E-state index in [1.807, 2.05) is 0 Å². The highest BCUT2D eigenvalue weighted by molar-refractivity contribution is 7.91. The summed E-state index contributed by atoms with van der Waals surface area (Å²) in [5.41, 5.74) is 1.26. The summed E-state index contributed by atoms with van der Waals surface area (Å²) < 4.78 is 79.5. The van der Waals surface area contributed by atoms with Crippen LogP contribution in [0.2, 0.25) is 10.0 Å². The number of hydrogen-bond acceptors (Lipinski definition) is 14. The summed E-state index contributed by atoms with van der Waals surface area (Å²) in [6.45, 7) is 3.38. The van der Waals surface area contributed by atoms with Crippen molar-refractivity contribution < 1.29 is 74.6 Å². The number of carboxylic acid groups (broad SMARTS) is 2. The van der Waals surface area contributed by atoms with Gasteiger partial charge in [-0.15, -0.1) is 0 Å². The van der Waals surface area contributed by atoms with Crippen LogP contribution in [0.3, 0.4) is 0 Å². The molecule has 0 fully saturated rings. The van der Waals surface area contributed by atoms with Gasteiger partial charge < -0.3 is 38.6 Å². The van der Waals surface area contributed by atoms with E-state index in [-0.39, 0.29) is 47.3 Å². The van der Waals surface area contributed by atoms with Gasteiger partial charge in [0.2, 0.25) is 0 Å². The van der Waals surface area contributed by atoms with Crippen molar-refractivity contribution in [1.82, 2.24) is 0 Å². The molecule has 0 saturated carbocycles. The first-order valence-electron chi connectivity index (χ1n) is 17.8. The Hall–Kier alpha value is -5.56. The van der Waals surface area contributed by atoms with Crippen LogP contribution in [0.5, 0.6) is 23.0 Å². The number of ether oxygens (including phenoxy) is 6. The number of carbonyl (C=O) groups excluding carboxylic acids is 2. The molecule has 0 aliphatic heterocycles. The minimum Gasteiger partial charge on any atom is -0.482 e. The molecule has 0 amide bonds. The fourth-order valence-electron chi connectivity index (χ4n) is 5.18. The Kier molecular flexibility index (Phi) is 17.8. The lowest BCUT2D eigenvalue weighted by molar-refractivity contribution is -0.157. The Bertz CT molecular complexity index is 2460. The van der Waals surface area contributed by atoms with Gasteiger partial charge in [0.25, 0.3) is 0 Å². The lowest BCUT2D eigenvalue weighted by atomic mass is 10.0. The van der Waals surface area contributed by atoms with Crippen LogP contribution in [0.15, 0.2) is 82.6 Å². The topological polar surface area (TPSA) is 232 Å². The zero-order valence-corrected chi connectivity index (χ0v) is 37.0. The molecule has 0 aromatic heterocycles. The van der Waals surface area contributed by atoms with Crippen molar-refractivity contribution in [2.45, 2.75) is 49.0 Å². The van der Waals surface area contributed by atoms with Crippen LogP contribution in [0.25, 0.3) is 0 Å². The number of sulfone groups is 2. The van der Waals surface area contributed by atoms with E-state index < -0.39 is 62.4 Å². The van der Waals surface area contributed by atoms with Crippen LogP contribution < -0.4 is 18.9 Å². The molecule has 330 valence electrons. The molecular formula is C41H44Cl2O16S2. The maximum Gasteiger partial charge on any atom is 0.344 e. The van der Waals surface area contributed by atoms with Gasteiger partial charge in [0.05, 0.1) is 16.9 Å². The van der Waals surface area contributed by atoms with Crippen LogP contribution in [0.1, 0.15) is 43.0 Å². The Morgan fingerprint density at radius 1 is 0.541 bits per heavy atom. The van der Waals surface area contributed by atoms with E-state index in [0.717, 1.165) is 12.5 Å². The first-order valence-corrected chi connectivity index (χ1v) is 22.3. The van der Waals surface area contributed by atoms with Gasteiger partial charge >= 0.3 is 23.9 Å². The first-order chi connectivity index (χ1) is 28.3. The number of carbonyl (C=O) groups is 4.